The number of rotatable bonds is 7. The number of amides is 1. The van der Waals surface area contributed by atoms with E-state index in [9.17, 15) is 14.7 Å². The first-order valence-electron chi connectivity index (χ1n) is 12.0. The van der Waals surface area contributed by atoms with Crippen LogP contribution in [0.15, 0.2) is 0 Å². The fourth-order valence-corrected chi connectivity index (χ4v) is 6.92. The number of aromatic nitrogens is 1. The number of hydrogen-bond donors (Lipinski definition) is 2. The lowest BCUT2D eigenvalue weighted by atomic mass is 9.53. The van der Waals surface area contributed by atoms with Gasteiger partial charge in [-0.15, -0.1) is 11.3 Å². The third-order valence-corrected chi connectivity index (χ3v) is 8.61. The van der Waals surface area contributed by atoms with Crippen LogP contribution in [0.5, 0.6) is 0 Å². The van der Waals surface area contributed by atoms with Gasteiger partial charge in [0.1, 0.15) is 11.6 Å². The van der Waals surface area contributed by atoms with Gasteiger partial charge in [-0.2, -0.15) is 0 Å². The molecule has 1 amide bonds. The lowest BCUT2D eigenvalue weighted by Crippen LogP contribution is -2.53. The minimum absolute atomic E-state index is 0.0273. The Kier molecular flexibility index (Phi) is 7.91. The van der Waals surface area contributed by atoms with Crippen LogP contribution in [0.25, 0.3) is 0 Å². The number of aliphatic hydroxyl groups excluding tert-OH is 1. The first-order valence-corrected chi connectivity index (χ1v) is 12.8. The van der Waals surface area contributed by atoms with Crippen LogP contribution in [0.3, 0.4) is 0 Å². The summed E-state index contributed by atoms with van der Waals surface area (Å²) in [4.78, 5) is 30.9. The summed E-state index contributed by atoms with van der Waals surface area (Å²) in [7, 11) is 1.61. The summed E-state index contributed by atoms with van der Waals surface area (Å²) < 4.78 is 10.5. The molecule has 6 atom stereocenters. The minimum atomic E-state index is -0.570. The van der Waals surface area contributed by atoms with Crippen molar-refractivity contribution >= 4 is 23.2 Å². The van der Waals surface area contributed by atoms with Gasteiger partial charge >= 0.3 is 5.97 Å². The molecule has 2 aliphatic rings. The summed E-state index contributed by atoms with van der Waals surface area (Å²) >= 11 is 1.62. The minimum Gasteiger partial charge on any atom is -0.458 e. The molecule has 8 heteroatoms. The van der Waals surface area contributed by atoms with Crippen LogP contribution in [-0.4, -0.2) is 48.3 Å². The molecule has 2 aliphatic carbocycles. The summed E-state index contributed by atoms with van der Waals surface area (Å²) in [5.41, 5.74) is 0.430. The first kappa shape index (κ1) is 26.1. The van der Waals surface area contributed by atoms with Gasteiger partial charge in [0.15, 0.2) is 0 Å². The standard InChI is InChI=1S/C25H40N2O5S/c1-14(22(29)26-10-11-31-7)16-8-9-25(6)12-17-20(15(2)19(25)21(16)28)27-18(33-17)13-32-23(30)24(3,4)5/h14-16,19,21,28H,8-13H2,1-7H3,(H,26,29)/t14-,15-,16?,19+,21-,25-/m0/s1. The Morgan fingerprint density at radius 1 is 1.36 bits per heavy atom. The van der Waals surface area contributed by atoms with Gasteiger partial charge in [-0.25, -0.2) is 4.98 Å². The van der Waals surface area contributed by atoms with E-state index in [1.165, 1.54) is 4.88 Å². The molecule has 1 aromatic rings. The van der Waals surface area contributed by atoms with Gasteiger partial charge in [0, 0.05) is 30.4 Å². The number of thiazole rings is 1. The van der Waals surface area contributed by atoms with Crippen molar-refractivity contribution in [2.45, 2.75) is 79.4 Å². The van der Waals surface area contributed by atoms with E-state index in [2.05, 4.69) is 19.2 Å². The summed E-state index contributed by atoms with van der Waals surface area (Å²) in [6.45, 7) is 13.0. The molecule has 0 spiro atoms. The zero-order valence-corrected chi connectivity index (χ0v) is 21.9. The largest absolute Gasteiger partial charge is 0.458 e. The molecular formula is C25H40N2O5S. The maximum Gasteiger partial charge on any atom is 0.311 e. The Balaban J connectivity index is 1.74. The zero-order valence-electron chi connectivity index (χ0n) is 21.1. The van der Waals surface area contributed by atoms with Gasteiger partial charge in [-0.1, -0.05) is 20.8 Å². The number of carbonyl (C=O) groups is 2. The molecule has 1 aromatic heterocycles. The number of esters is 1. The highest BCUT2D eigenvalue weighted by atomic mass is 32.1. The van der Waals surface area contributed by atoms with Crippen molar-refractivity contribution in [3.63, 3.8) is 0 Å². The van der Waals surface area contributed by atoms with Crippen molar-refractivity contribution in [1.82, 2.24) is 10.3 Å². The van der Waals surface area contributed by atoms with Gasteiger partial charge in [0.2, 0.25) is 5.91 Å². The quantitative estimate of drug-likeness (QED) is 0.456. The molecular weight excluding hydrogens is 440 g/mol. The number of ether oxygens (including phenoxy) is 2. The lowest BCUT2D eigenvalue weighted by Gasteiger charge is -2.53. The first-order chi connectivity index (χ1) is 15.4. The Morgan fingerprint density at radius 2 is 2.06 bits per heavy atom. The van der Waals surface area contributed by atoms with Gasteiger partial charge in [0.05, 0.1) is 23.8 Å². The summed E-state index contributed by atoms with van der Waals surface area (Å²) in [5, 5.41) is 15.2. The fraction of sp³-hybridized carbons (Fsp3) is 0.800. The molecule has 0 aliphatic heterocycles. The van der Waals surface area contributed by atoms with Crippen LogP contribution in [0.4, 0.5) is 0 Å². The van der Waals surface area contributed by atoms with E-state index in [1.54, 1.807) is 18.4 Å². The Labute approximate surface area is 201 Å². The summed E-state index contributed by atoms with van der Waals surface area (Å²) in [6.07, 6.45) is 2.08. The molecule has 0 bridgehead atoms. The predicted octanol–water partition coefficient (Wildman–Crippen LogP) is 3.68. The monoisotopic (exact) mass is 480 g/mol. The molecule has 0 saturated heterocycles. The van der Waals surface area contributed by atoms with E-state index in [1.807, 2.05) is 27.7 Å². The normalized spacial score (nSPS) is 30.2. The van der Waals surface area contributed by atoms with Crippen molar-refractivity contribution in [2.75, 3.05) is 20.3 Å². The van der Waals surface area contributed by atoms with E-state index in [-0.39, 0.29) is 47.6 Å². The van der Waals surface area contributed by atoms with Crippen LogP contribution in [0.1, 0.15) is 75.9 Å². The highest BCUT2D eigenvalue weighted by Gasteiger charge is 2.53. The number of carbonyl (C=O) groups excluding carboxylic acids is 2. The lowest BCUT2D eigenvalue weighted by molar-refractivity contribution is -0.154. The molecule has 7 nitrogen and oxygen atoms in total. The number of nitrogens with one attached hydrogen (secondary N) is 1. The van der Waals surface area contributed by atoms with E-state index < -0.39 is 11.5 Å². The van der Waals surface area contributed by atoms with Crippen molar-refractivity contribution in [1.29, 1.82) is 0 Å². The molecule has 0 radical (unpaired) electrons. The number of fused-ring (bicyclic) bond motifs is 2. The number of nitrogens with zero attached hydrogens (tertiary/aromatic N) is 1. The van der Waals surface area contributed by atoms with E-state index in [0.717, 1.165) is 30.0 Å². The molecule has 1 fully saturated rings. The molecule has 0 aromatic carbocycles. The average molecular weight is 481 g/mol. The fourth-order valence-electron chi connectivity index (χ4n) is 5.63. The van der Waals surface area contributed by atoms with Crippen LogP contribution in [-0.2, 0) is 32.1 Å². The second-order valence-electron chi connectivity index (χ2n) is 11.2. The predicted molar refractivity (Wildman–Crippen MR) is 128 cm³/mol. The number of aliphatic hydroxyl groups is 1. The molecule has 33 heavy (non-hydrogen) atoms. The van der Waals surface area contributed by atoms with Crippen LogP contribution < -0.4 is 5.32 Å². The van der Waals surface area contributed by atoms with Crippen molar-refractivity contribution < 1.29 is 24.2 Å². The molecule has 1 heterocycles. The second-order valence-corrected chi connectivity index (χ2v) is 12.3. The highest BCUT2D eigenvalue weighted by molar-refractivity contribution is 7.11. The Morgan fingerprint density at radius 3 is 2.70 bits per heavy atom. The van der Waals surface area contributed by atoms with Gasteiger partial charge in [0.25, 0.3) is 0 Å². The average Bonchev–Trinajstić information content (AvgIpc) is 3.13. The van der Waals surface area contributed by atoms with E-state index in [0.29, 0.717) is 13.2 Å². The SMILES string of the molecule is COCCNC(=O)[C@@H](C)C1CC[C@@]2(C)Cc3sc(COC(=O)C(C)(C)C)nc3[C@@H](C)[C@@H]2[C@H]1O. The van der Waals surface area contributed by atoms with Crippen molar-refractivity contribution in [2.24, 2.45) is 28.6 Å². The summed E-state index contributed by atoms with van der Waals surface area (Å²) in [6, 6.07) is 0. The molecule has 1 unspecified atom stereocenters. The molecule has 186 valence electrons. The van der Waals surface area contributed by atoms with Crippen LogP contribution >= 0.6 is 11.3 Å². The maximum absolute atomic E-state index is 12.7. The topological polar surface area (TPSA) is 97.8 Å². The van der Waals surface area contributed by atoms with Gasteiger partial charge in [-0.05, 0) is 57.3 Å². The van der Waals surface area contributed by atoms with Gasteiger partial charge < -0.3 is 19.9 Å². The zero-order chi connectivity index (χ0) is 24.6. The third kappa shape index (κ3) is 5.43. The third-order valence-electron chi connectivity index (χ3n) is 7.57. The van der Waals surface area contributed by atoms with Gasteiger partial charge in [-0.3, -0.25) is 9.59 Å². The van der Waals surface area contributed by atoms with Crippen LogP contribution in [0, 0.1) is 28.6 Å². The molecule has 2 N–H and O–H groups in total. The van der Waals surface area contributed by atoms with E-state index in [4.69, 9.17) is 14.5 Å². The highest BCUT2D eigenvalue weighted by Crippen LogP contribution is 2.57. The number of methoxy groups -OCH3 is 1. The summed E-state index contributed by atoms with van der Waals surface area (Å²) in [5.74, 6) is -0.507. The smallest absolute Gasteiger partial charge is 0.311 e. The second kappa shape index (κ2) is 10.0. The number of hydrogen-bond acceptors (Lipinski definition) is 7. The Hall–Kier alpha value is -1.51. The maximum atomic E-state index is 12.7. The molecule has 1 saturated carbocycles. The van der Waals surface area contributed by atoms with Crippen molar-refractivity contribution in [3.05, 3.63) is 15.6 Å². The van der Waals surface area contributed by atoms with Crippen LogP contribution in [0.2, 0.25) is 0 Å². The molecule has 3 rings (SSSR count). The van der Waals surface area contributed by atoms with E-state index >= 15 is 0 Å². The van der Waals surface area contributed by atoms with Crippen molar-refractivity contribution in [3.8, 4) is 0 Å². The Bertz CT molecular complexity index is 863.